The van der Waals surface area contributed by atoms with E-state index in [0.717, 1.165) is 22.6 Å². The zero-order chi connectivity index (χ0) is 16.9. The molecule has 122 valence electrons. The lowest BCUT2D eigenvalue weighted by molar-refractivity contribution is -0.110. The average molecular weight is 321 g/mol. The van der Waals surface area contributed by atoms with Gasteiger partial charge in [-0.15, -0.1) is 0 Å². The van der Waals surface area contributed by atoms with Crippen LogP contribution >= 0.6 is 0 Å². The van der Waals surface area contributed by atoms with E-state index in [2.05, 4.69) is 11.9 Å². The lowest BCUT2D eigenvalue weighted by Crippen LogP contribution is -2.04. The molecule has 4 nitrogen and oxygen atoms in total. The van der Waals surface area contributed by atoms with E-state index in [1.54, 1.807) is 6.08 Å². The van der Waals surface area contributed by atoms with Gasteiger partial charge in [0.15, 0.2) is 0 Å². The van der Waals surface area contributed by atoms with E-state index in [1.165, 1.54) is 0 Å². The van der Waals surface area contributed by atoms with E-state index in [9.17, 15) is 4.79 Å². The molecule has 2 aromatic carbocycles. The maximum atomic E-state index is 12.4. The van der Waals surface area contributed by atoms with E-state index in [1.807, 2.05) is 55.5 Å². The molecule has 0 unspecified atom stereocenters. The number of carbonyl (C=O) groups excluding carboxylic acids is 1. The van der Waals surface area contributed by atoms with Crippen molar-refractivity contribution in [2.75, 3.05) is 18.5 Å². The van der Waals surface area contributed by atoms with Crippen molar-refractivity contribution in [2.24, 2.45) is 0 Å². The van der Waals surface area contributed by atoms with Gasteiger partial charge in [-0.1, -0.05) is 30.9 Å². The Hall–Kier alpha value is -3.01. The monoisotopic (exact) mass is 321 g/mol. The summed E-state index contributed by atoms with van der Waals surface area (Å²) in [6.07, 6.45) is 3.54. The highest BCUT2D eigenvalue weighted by atomic mass is 16.5. The van der Waals surface area contributed by atoms with Crippen LogP contribution in [0.1, 0.15) is 18.1 Å². The fourth-order valence-corrected chi connectivity index (χ4v) is 2.60. The number of para-hydroxylation sites is 1. The van der Waals surface area contributed by atoms with Crippen LogP contribution in [0.25, 0.3) is 11.6 Å². The lowest BCUT2D eigenvalue weighted by Gasteiger charge is -2.07. The van der Waals surface area contributed by atoms with Gasteiger partial charge in [0.2, 0.25) is 0 Å². The van der Waals surface area contributed by atoms with E-state index in [0.29, 0.717) is 24.5 Å². The minimum absolute atomic E-state index is 0.128. The standard InChI is InChI=1S/C20H19NO3/c1-3-11-24-15-9-10-16-17(20(22)21-18(16)13-15)12-14-7-5-6-8-19(14)23-4-2/h3,5-10,12-13H,1,4,11H2,2H3,(H,21,22). The van der Waals surface area contributed by atoms with Crippen molar-refractivity contribution >= 4 is 23.2 Å². The first-order valence-corrected chi connectivity index (χ1v) is 7.86. The molecule has 24 heavy (non-hydrogen) atoms. The Morgan fingerprint density at radius 1 is 1.17 bits per heavy atom. The number of anilines is 1. The molecule has 0 atom stereocenters. The van der Waals surface area contributed by atoms with E-state index in [-0.39, 0.29) is 5.91 Å². The van der Waals surface area contributed by atoms with Gasteiger partial charge in [0.1, 0.15) is 18.1 Å². The van der Waals surface area contributed by atoms with Gasteiger partial charge in [0.25, 0.3) is 5.91 Å². The quantitative estimate of drug-likeness (QED) is 0.642. The third-order valence-electron chi connectivity index (χ3n) is 3.66. The van der Waals surface area contributed by atoms with Gasteiger partial charge in [-0.3, -0.25) is 4.79 Å². The molecule has 0 bridgehead atoms. The molecule has 1 heterocycles. The Labute approximate surface area is 141 Å². The van der Waals surface area contributed by atoms with Crippen molar-refractivity contribution < 1.29 is 14.3 Å². The molecule has 0 spiro atoms. The summed E-state index contributed by atoms with van der Waals surface area (Å²) in [7, 11) is 0. The number of hydrogen-bond acceptors (Lipinski definition) is 3. The average Bonchev–Trinajstić information content (AvgIpc) is 2.90. The van der Waals surface area contributed by atoms with Crippen molar-refractivity contribution in [3.8, 4) is 11.5 Å². The number of nitrogens with one attached hydrogen (secondary N) is 1. The zero-order valence-corrected chi connectivity index (χ0v) is 13.5. The molecule has 0 fully saturated rings. The number of rotatable bonds is 6. The predicted octanol–water partition coefficient (Wildman–Crippen LogP) is 4.14. The van der Waals surface area contributed by atoms with Crippen LogP contribution in [0.5, 0.6) is 11.5 Å². The van der Waals surface area contributed by atoms with Crippen LogP contribution in [-0.2, 0) is 4.79 Å². The zero-order valence-electron chi connectivity index (χ0n) is 13.5. The third-order valence-corrected chi connectivity index (χ3v) is 3.66. The molecule has 3 rings (SSSR count). The molecule has 1 aliphatic rings. The Morgan fingerprint density at radius 3 is 2.79 bits per heavy atom. The second-order valence-electron chi connectivity index (χ2n) is 5.29. The lowest BCUT2D eigenvalue weighted by atomic mass is 10.0. The van der Waals surface area contributed by atoms with Crippen LogP contribution in [0.4, 0.5) is 5.69 Å². The maximum absolute atomic E-state index is 12.4. The van der Waals surface area contributed by atoms with Gasteiger partial charge in [-0.2, -0.15) is 0 Å². The molecular formula is C20H19NO3. The molecular weight excluding hydrogens is 302 g/mol. The van der Waals surface area contributed by atoms with Gasteiger partial charge >= 0.3 is 0 Å². The van der Waals surface area contributed by atoms with Crippen molar-refractivity contribution in [1.82, 2.24) is 0 Å². The normalized spacial score (nSPS) is 14.2. The smallest absolute Gasteiger partial charge is 0.256 e. The molecule has 0 radical (unpaired) electrons. The molecule has 2 aromatic rings. The molecule has 1 amide bonds. The first-order chi connectivity index (χ1) is 11.7. The molecule has 0 aromatic heterocycles. The highest BCUT2D eigenvalue weighted by molar-refractivity contribution is 6.35. The first kappa shape index (κ1) is 15.9. The van der Waals surface area contributed by atoms with Crippen molar-refractivity contribution in [2.45, 2.75) is 6.92 Å². The second-order valence-corrected chi connectivity index (χ2v) is 5.29. The molecule has 1 aliphatic heterocycles. The Bertz CT molecular complexity index is 808. The molecule has 0 aliphatic carbocycles. The molecule has 0 saturated carbocycles. The Balaban J connectivity index is 1.96. The van der Waals surface area contributed by atoms with Crippen LogP contribution < -0.4 is 14.8 Å². The number of ether oxygens (including phenoxy) is 2. The van der Waals surface area contributed by atoms with E-state index in [4.69, 9.17) is 9.47 Å². The van der Waals surface area contributed by atoms with Crippen LogP contribution in [0.3, 0.4) is 0 Å². The van der Waals surface area contributed by atoms with Gasteiger partial charge in [-0.05, 0) is 31.2 Å². The summed E-state index contributed by atoms with van der Waals surface area (Å²) in [6, 6.07) is 13.2. The third kappa shape index (κ3) is 3.18. The Morgan fingerprint density at radius 2 is 2.00 bits per heavy atom. The van der Waals surface area contributed by atoms with Crippen molar-refractivity contribution in [3.05, 3.63) is 66.2 Å². The summed E-state index contributed by atoms with van der Waals surface area (Å²) >= 11 is 0. The van der Waals surface area contributed by atoms with Crippen LogP contribution in [0.15, 0.2) is 55.1 Å². The van der Waals surface area contributed by atoms with Gasteiger partial charge < -0.3 is 14.8 Å². The second kappa shape index (κ2) is 7.04. The minimum Gasteiger partial charge on any atom is -0.493 e. The molecule has 4 heteroatoms. The predicted molar refractivity (Wildman–Crippen MR) is 96.2 cm³/mol. The summed E-state index contributed by atoms with van der Waals surface area (Å²) in [5.41, 5.74) is 3.11. The SMILES string of the molecule is C=CCOc1ccc2c(c1)NC(=O)C2=Cc1ccccc1OCC. The first-order valence-electron chi connectivity index (χ1n) is 7.86. The maximum Gasteiger partial charge on any atom is 0.256 e. The van der Waals surface area contributed by atoms with Gasteiger partial charge in [-0.25, -0.2) is 0 Å². The largest absolute Gasteiger partial charge is 0.493 e. The number of hydrogen-bond donors (Lipinski definition) is 1. The van der Waals surface area contributed by atoms with Crippen molar-refractivity contribution in [3.63, 3.8) is 0 Å². The minimum atomic E-state index is -0.128. The molecule has 1 N–H and O–H groups in total. The van der Waals surface area contributed by atoms with Crippen molar-refractivity contribution in [1.29, 1.82) is 0 Å². The van der Waals surface area contributed by atoms with Gasteiger partial charge in [0.05, 0.1) is 12.3 Å². The van der Waals surface area contributed by atoms with Gasteiger partial charge in [0, 0.05) is 22.8 Å². The summed E-state index contributed by atoms with van der Waals surface area (Å²) in [4.78, 5) is 12.4. The number of fused-ring (bicyclic) bond motifs is 1. The Kier molecular flexibility index (Phi) is 4.66. The highest BCUT2D eigenvalue weighted by Gasteiger charge is 2.24. The topological polar surface area (TPSA) is 47.6 Å². The van der Waals surface area contributed by atoms with Crippen LogP contribution in [0.2, 0.25) is 0 Å². The number of benzene rings is 2. The fourth-order valence-electron chi connectivity index (χ4n) is 2.60. The fraction of sp³-hybridized carbons (Fsp3) is 0.150. The number of carbonyl (C=O) groups is 1. The molecule has 0 saturated heterocycles. The summed E-state index contributed by atoms with van der Waals surface area (Å²) in [5, 5.41) is 2.88. The number of amides is 1. The van der Waals surface area contributed by atoms with Crippen LogP contribution in [0, 0.1) is 0 Å². The summed E-state index contributed by atoms with van der Waals surface area (Å²) in [6.45, 7) is 6.57. The summed E-state index contributed by atoms with van der Waals surface area (Å²) < 4.78 is 11.1. The highest BCUT2D eigenvalue weighted by Crippen LogP contribution is 2.36. The van der Waals surface area contributed by atoms with E-state index < -0.39 is 0 Å². The summed E-state index contributed by atoms with van der Waals surface area (Å²) in [5.74, 6) is 1.33. The van der Waals surface area contributed by atoms with Crippen LogP contribution in [-0.4, -0.2) is 19.1 Å². The van der Waals surface area contributed by atoms with E-state index >= 15 is 0 Å².